The molecule has 4 heterocycles. The van der Waals surface area contributed by atoms with Crippen molar-refractivity contribution < 1.29 is 4.79 Å². The van der Waals surface area contributed by atoms with Crippen LogP contribution in [0.3, 0.4) is 0 Å². The minimum absolute atomic E-state index is 0.0441. The van der Waals surface area contributed by atoms with Gasteiger partial charge in [-0.25, -0.2) is 4.98 Å². The summed E-state index contributed by atoms with van der Waals surface area (Å²) in [6, 6.07) is 5.60. The molecule has 2 aliphatic carbocycles. The average Bonchev–Trinajstić information content (AvgIpc) is 3.69. The first-order valence-electron chi connectivity index (χ1n) is 12.8. The summed E-state index contributed by atoms with van der Waals surface area (Å²) in [6.45, 7) is 0.768. The van der Waals surface area contributed by atoms with Gasteiger partial charge in [0.15, 0.2) is 5.82 Å². The SMILES string of the molecule is CN(C(=O)C1CCCN1c1nc2c(c(Nc3cc(C4CCCC4)[nH]n3)n1)CCC2)c1cccnc1. The number of rotatable bonds is 6. The topological polar surface area (TPSA) is 103 Å². The molecule has 1 saturated heterocycles. The Bertz CT molecular complexity index is 1200. The first-order valence-corrected chi connectivity index (χ1v) is 12.8. The molecule has 6 rings (SSSR count). The van der Waals surface area contributed by atoms with E-state index >= 15 is 0 Å². The van der Waals surface area contributed by atoms with Crippen LogP contribution in [-0.4, -0.2) is 50.7 Å². The van der Waals surface area contributed by atoms with Crippen LogP contribution in [0.5, 0.6) is 0 Å². The molecule has 1 aliphatic heterocycles. The minimum atomic E-state index is -0.285. The molecule has 2 N–H and O–H groups in total. The second kappa shape index (κ2) is 9.28. The van der Waals surface area contributed by atoms with E-state index in [-0.39, 0.29) is 11.9 Å². The summed E-state index contributed by atoms with van der Waals surface area (Å²) in [7, 11) is 1.81. The van der Waals surface area contributed by atoms with Crippen LogP contribution in [0.2, 0.25) is 0 Å². The monoisotopic (exact) mass is 472 g/mol. The van der Waals surface area contributed by atoms with Crippen molar-refractivity contribution in [2.45, 2.75) is 69.7 Å². The normalized spacial score (nSPS) is 19.8. The number of hydrogen-bond acceptors (Lipinski definition) is 7. The third kappa shape index (κ3) is 4.24. The smallest absolute Gasteiger partial charge is 0.249 e. The van der Waals surface area contributed by atoms with Crippen molar-refractivity contribution in [3.05, 3.63) is 47.5 Å². The van der Waals surface area contributed by atoms with Gasteiger partial charge in [-0.3, -0.25) is 14.9 Å². The van der Waals surface area contributed by atoms with E-state index in [1.54, 1.807) is 17.3 Å². The number of amides is 1. The van der Waals surface area contributed by atoms with Gasteiger partial charge >= 0.3 is 0 Å². The molecule has 0 radical (unpaired) electrons. The molecule has 1 amide bonds. The summed E-state index contributed by atoms with van der Waals surface area (Å²) in [5, 5.41) is 11.2. The number of carbonyl (C=O) groups excluding carboxylic acids is 1. The average molecular weight is 473 g/mol. The number of pyridine rings is 1. The van der Waals surface area contributed by atoms with Crippen LogP contribution in [0, 0.1) is 0 Å². The Kier molecular flexibility index (Phi) is 5.83. The van der Waals surface area contributed by atoms with Crippen LogP contribution in [-0.2, 0) is 17.6 Å². The van der Waals surface area contributed by atoms with Crippen LogP contribution in [0.4, 0.5) is 23.3 Å². The Hall–Kier alpha value is -3.49. The third-order valence-corrected chi connectivity index (χ3v) is 7.72. The summed E-state index contributed by atoms with van der Waals surface area (Å²) >= 11 is 0. The first kappa shape index (κ1) is 22.0. The van der Waals surface area contributed by atoms with Crippen LogP contribution >= 0.6 is 0 Å². The van der Waals surface area contributed by atoms with Crippen molar-refractivity contribution in [2.75, 3.05) is 28.7 Å². The molecule has 35 heavy (non-hydrogen) atoms. The van der Waals surface area contributed by atoms with Gasteiger partial charge in [-0.2, -0.15) is 10.1 Å². The number of likely N-dealkylation sites (N-methyl/N-ethyl adjacent to an activating group) is 1. The zero-order valence-electron chi connectivity index (χ0n) is 20.2. The number of hydrogen-bond donors (Lipinski definition) is 2. The van der Waals surface area contributed by atoms with Gasteiger partial charge < -0.3 is 15.1 Å². The lowest BCUT2D eigenvalue weighted by Gasteiger charge is -2.28. The van der Waals surface area contributed by atoms with Crippen molar-refractivity contribution in [1.82, 2.24) is 25.1 Å². The summed E-state index contributed by atoms with van der Waals surface area (Å²) < 4.78 is 0. The summed E-state index contributed by atoms with van der Waals surface area (Å²) in [6.07, 6.45) is 13.2. The summed E-state index contributed by atoms with van der Waals surface area (Å²) in [4.78, 5) is 31.3. The molecule has 1 saturated carbocycles. The van der Waals surface area contributed by atoms with Crippen LogP contribution in [0.1, 0.15) is 67.8 Å². The molecule has 3 aromatic heterocycles. The van der Waals surface area contributed by atoms with Gasteiger partial charge in [-0.15, -0.1) is 0 Å². The van der Waals surface area contributed by atoms with E-state index in [2.05, 4.69) is 31.5 Å². The van der Waals surface area contributed by atoms with Gasteiger partial charge in [0.1, 0.15) is 11.9 Å². The predicted molar refractivity (Wildman–Crippen MR) is 135 cm³/mol. The van der Waals surface area contributed by atoms with Gasteiger partial charge in [0.25, 0.3) is 0 Å². The quantitative estimate of drug-likeness (QED) is 0.556. The lowest BCUT2D eigenvalue weighted by molar-refractivity contribution is -0.119. The molecule has 1 atom stereocenters. The molecular weight excluding hydrogens is 440 g/mol. The second-order valence-corrected chi connectivity index (χ2v) is 9.93. The zero-order valence-corrected chi connectivity index (χ0v) is 20.2. The van der Waals surface area contributed by atoms with E-state index in [1.165, 1.54) is 36.9 Å². The van der Waals surface area contributed by atoms with Crippen LogP contribution in [0.25, 0.3) is 0 Å². The fourth-order valence-corrected chi connectivity index (χ4v) is 5.78. The van der Waals surface area contributed by atoms with Gasteiger partial charge in [0, 0.05) is 43.0 Å². The highest BCUT2D eigenvalue weighted by Crippen LogP contribution is 2.36. The first-order chi connectivity index (χ1) is 17.2. The van der Waals surface area contributed by atoms with Gasteiger partial charge in [0.2, 0.25) is 11.9 Å². The predicted octanol–water partition coefficient (Wildman–Crippen LogP) is 4.12. The maximum absolute atomic E-state index is 13.4. The van der Waals surface area contributed by atoms with E-state index in [9.17, 15) is 4.79 Å². The van der Waals surface area contributed by atoms with Crippen LogP contribution < -0.4 is 15.1 Å². The highest BCUT2D eigenvalue weighted by atomic mass is 16.2. The molecule has 0 spiro atoms. The van der Waals surface area contributed by atoms with Crippen molar-refractivity contribution in [3.63, 3.8) is 0 Å². The van der Waals surface area contributed by atoms with E-state index < -0.39 is 0 Å². The van der Waals surface area contributed by atoms with E-state index in [0.717, 1.165) is 61.7 Å². The third-order valence-electron chi connectivity index (χ3n) is 7.72. The van der Waals surface area contributed by atoms with Gasteiger partial charge in [0.05, 0.1) is 17.6 Å². The largest absolute Gasteiger partial charge is 0.329 e. The number of aryl methyl sites for hydroxylation is 1. The second-order valence-electron chi connectivity index (χ2n) is 9.93. The van der Waals surface area contributed by atoms with E-state index in [1.807, 2.05) is 19.2 Å². The molecule has 1 unspecified atom stereocenters. The molecule has 3 aromatic rings. The van der Waals surface area contributed by atoms with Crippen LogP contribution in [0.15, 0.2) is 30.6 Å². The Labute approximate surface area is 205 Å². The lowest BCUT2D eigenvalue weighted by Crippen LogP contribution is -2.45. The molecule has 3 aliphatic rings. The summed E-state index contributed by atoms with van der Waals surface area (Å²) in [5.41, 5.74) is 4.26. The molecule has 9 heteroatoms. The molecule has 9 nitrogen and oxygen atoms in total. The molecule has 0 bridgehead atoms. The maximum Gasteiger partial charge on any atom is 0.249 e. The number of anilines is 4. The van der Waals surface area contributed by atoms with E-state index in [4.69, 9.17) is 9.97 Å². The number of nitrogens with one attached hydrogen (secondary N) is 2. The Morgan fingerprint density at radius 1 is 1.14 bits per heavy atom. The van der Waals surface area contributed by atoms with Gasteiger partial charge in [-0.1, -0.05) is 12.8 Å². The zero-order chi connectivity index (χ0) is 23.8. The Morgan fingerprint density at radius 3 is 2.86 bits per heavy atom. The Morgan fingerprint density at radius 2 is 2.03 bits per heavy atom. The number of fused-ring (bicyclic) bond motifs is 1. The highest BCUT2D eigenvalue weighted by Gasteiger charge is 2.36. The maximum atomic E-state index is 13.4. The number of H-pyrrole nitrogens is 1. The molecule has 0 aromatic carbocycles. The fourth-order valence-electron chi connectivity index (χ4n) is 5.78. The Balaban J connectivity index is 1.26. The number of nitrogens with zero attached hydrogens (tertiary/aromatic N) is 6. The van der Waals surface area contributed by atoms with Gasteiger partial charge in [-0.05, 0) is 57.1 Å². The van der Waals surface area contributed by atoms with Crippen molar-refractivity contribution in [3.8, 4) is 0 Å². The van der Waals surface area contributed by atoms with Crippen molar-refractivity contribution in [1.29, 1.82) is 0 Å². The number of aromatic amines is 1. The lowest BCUT2D eigenvalue weighted by atomic mass is 10.0. The molecule has 182 valence electrons. The standard InChI is InChI=1S/C26H32N8O/c1-33(18-9-5-13-27-16-18)25(35)22-12-6-14-34(22)26-28-20-11-4-10-19(20)24(30-26)29-23-15-21(31-32-23)17-7-2-3-8-17/h5,9,13,15-17,22H,2-4,6-8,10-12,14H2,1H3,(H2,28,29,30,31,32). The highest BCUT2D eigenvalue weighted by molar-refractivity contribution is 5.98. The van der Waals surface area contributed by atoms with E-state index in [0.29, 0.717) is 11.9 Å². The summed E-state index contributed by atoms with van der Waals surface area (Å²) in [5.74, 6) is 2.89. The molecule has 2 fully saturated rings. The van der Waals surface area contributed by atoms with Crippen molar-refractivity contribution in [2.24, 2.45) is 0 Å². The molecular formula is C26H32N8O. The fraction of sp³-hybridized carbons (Fsp3) is 0.500. The number of carbonyl (C=O) groups is 1. The van der Waals surface area contributed by atoms with Crippen molar-refractivity contribution >= 4 is 29.2 Å². The minimum Gasteiger partial charge on any atom is -0.329 e. The number of aromatic nitrogens is 5.